The Kier molecular flexibility index (Phi) is 6.03. The highest BCUT2D eigenvalue weighted by atomic mass is 16.4. The van der Waals surface area contributed by atoms with Crippen molar-refractivity contribution in [1.29, 1.82) is 0 Å². The van der Waals surface area contributed by atoms with E-state index in [1.54, 1.807) is 0 Å². The topological polar surface area (TPSA) is 74.6 Å². The van der Waals surface area contributed by atoms with Crippen LogP contribution in [0.15, 0.2) is 0 Å². The van der Waals surface area contributed by atoms with Crippen molar-refractivity contribution in [2.45, 2.75) is 78.1 Å². The number of rotatable bonds is 8. The van der Waals surface area contributed by atoms with Gasteiger partial charge < -0.3 is 10.2 Å². The van der Waals surface area contributed by atoms with Crippen LogP contribution in [-0.4, -0.2) is 22.2 Å². The molecule has 0 amide bonds. The van der Waals surface area contributed by atoms with E-state index in [-0.39, 0.29) is 0 Å². The van der Waals surface area contributed by atoms with E-state index in [9.17, 15) is 19.8 Å². The van der Waals surface area contributed by atoms with Crippen LogP contribution in [0.5, 0.6) is 0 Å². The van der Waals surface area contributed by atoms with Gasteiger partial charge in [-0.2, -0.15) is 0 Å². The second kappa shape index (κ2) is 7.09. The number of hydrogen-bond acceptors (Lipinski definition) is 2. The number of carbonyl (C=O) groups is 2. The molecule has 1 fully saturated rings. The van der Waals surface area contributed by atoms with Gasteiger partial charge in [0.2, 0.25) is 0 Å². The summed E-state index contributed by atoms with van der Waals surface area (Å²) in [6.45, 7) is 4.11. The molecule has 0 aliphatic heterocycles. The van der Waals surface area contributed by atoms with E-state index >= 15 is 0 Å². The number of unbranched alkanes of at least 4 members (excludes halogenated alkanes) is 2. The summed E-state index contributed by atoms with van der Waals surface area (Å²) in [5.74, 6) is -1.47. The van der Waals surface area contributed by atoms with E-state index in [1.165, 1.54) is 0 Å². The highest BCUT2D eigenvalue weighted by Crippen LogP contribution is 2.50. The fourth-order valence-electron chi connectivity index (χ4n) is 3.38. The smallest absolute Gasteiger partial charge is 0.309 e. The Labute approximate surface area is 121 Å². The van der Waals surface area contributed by atoms with Gasteiger partial charge >= 0.3 is 11.9 Å². The average Bonchev–Trinajstić information content (AvgIpc) is 2.43. The number of carboxylic acids is 2. The Morgan fingerprint density at radius 2 is 1.10 bits per heavy atom. The van der Waals surface area contributed by atoms with E-state index in [1.807, 2.05) is 0 Å². The fraction of sp³-hybridized carbons (Fsp3) is 0.875. The zero-order valence-electron chi connectivity index (χ0n) is 12.8. The van der Waals surface area contributed by atoms with Crippen LogP contribution in [0.4, 0.5) is 0 Å². The van der Waals surface area contributed by atoms with Crippen LogP contribution in [-0.2, 0) is 9.59 Å². The molecule has 2 N–H and O–H groups in total. The summed E-state index contributed by atoms with van der Waals surface area (Å²) >= 11 is 0. The minimum absolute atomic E-state index is 0.512. The summed E-state index contributed by atoms with van der Waals surface area (Å²) < 4.78 is 0. The van der Waals surface area contributed by atoms with Gasteiger partial charge in [-0.1, -0.05) is 39.5 Å². The number of hydrogen-bond donors (Lipinski definition) is 2. The Morgan fingerprint density at radius 1 is 0.800 bits per heavy atom. The lowest BCUT2D eigenvalue weighted by Gasteiger charge is -2.42. The SMILES string of the molecule is CCCCC1(C(=O)O)CCC(CCCC)(C(=O)O)CC1. The van der Waals surface area contributed by atoms with Gasteiger partial charge in [0, 0.05) is 0 Å². The lowest BCUT2D eigenvalue weighted by Crippen LogP contribution is -2.43. The van der Waals surface area contributed by atoms with Crippen molar-refractivity contribution in [1.82, 2.24) is 0 Å². The fourth-order valence-corrected chi connectivity index (χ4v) is 3.38. The molecular weight excluding hydrogens is 256 g/mol. The maximum atomic E-state index is 11.6. The molecule has 1 saturated carbocycles. The quantitative estimate of drug-likeness (QED) is 0.704. The van der Waals surface area contributed by atoms with Gasteiger partial charge in [-0.3, -0.25) is 9.59 Å². The van der Waals surface area contributed by atoms with Gasteiger partial charge in [-0.25, -0.2) is 0 Å². The van der Waals surface area contributed by atoms with Crippen molar-refractivity contribution in [2.75, 3.05) is 0 Å². The van der Waals surface area contributed by atoms with Crippen LogP contribution in [0.1, 0.15) is 78.1 Å². The molecule has 20 heavy (non-hydrogen) atoms. The first kappa shape index (κ1) is 17.0. The van der Waals surface area contributed by atoms with Crippen LogP contribution >= 0.6 is 0 Å². The molecule has 4 nitrogen and oxygen atoms in total. The largest absolute Gasteiger partial charge is 0.481 e. The Morgan fingerprint density at radius 3 is 1.30 bits per heavy atom. The van der Waals surface area contributed by atoms with E-state index in [0.29, 0.717) is 38.5 Å². The molecule has 0 atom stereocenters. The van der Waals surface area contributed by atoms with Crippen LogP contribution in [0.3, 0.4) is 0 Å². The summed E-state index contributed by atoms with van der Waals surface area (Å²) in [5, 5.41) is 19.1. The zero-order chi connectivity index (χ0) is 15.2. The Balaban J connectivity index is 2.79. The third kappa shape index (κ3) is 3.53. The van der Waals surface area contributed by atoms with Crippen LogP contribution < -0.4 is 0 Å². The lowest BCUT2D eigenvalue weighted by molar-refractivity contribution is -0.162. The summed E-state index contributed by atoms with van der Waals surface area (Å²) in [6, 6.07) is 0. The van der Waals surface area contributed by atoms with Crippen LogP contribution in [0.25, 0.3) is 0 Å². The van der Waals surface area contributed by atoms with Crippen molar-refractivity contribution in [2.24, 2.45) is 10.8 Å². The van der Waals surface area contributed by atoms with Crippen molar-refractivity contribution in [3.8, 4) is 0 Å². The van der Waals surface area contributed by atoms with Gasteiger partial charge in [-0.05, 0) is 38.5 Å². The molecule has 116 valence electrons. The predicted octanol–water partition coefficient (Wildman–Crippen LogP) is 4.08. The predicted molar refractivity (Wildman–Crippen MR) is 77.7 cm³/mol. The van der Waals surface area contributed by atoms with E-state index in [0.717, 1.165) is 25.7 Å². The molecule has 0 aromatic rings. The molecule has 0 aromatic carbocycles. The Bertz CT molecular complexity index is 306. The average molecular weight is 284 g/mol. The summed E-state index contributed by atoms with van der Waals surface area (Å²) in [5.41, 5.74) is -1.36. The molecule has 0 bridgehead atoms. The monoisotopic (exact) mass is 284 g/mol. The molecule has 4 heteroatoms. The third-order valence-electron chi connectivity index (χ3n) is 5.09. The highest BCUT2D eigenvalue weighted by molar-refractivity contribution is 5.78. The van der Waals surface area contributed by atoms with Crippen LogP contribution in [0, 0.1) is 10.8 Å². The normalized spacial score (nSPS) is 30.1. The van der Waals surface area contributed by atoms with Crippen molar-refractivity contribution < 1.29 is 19.8 Å². The number of aliphatic carboxylic acids is 2. The second-order valence-corrected chi connectivity index (χ2v) is 6.38. The van der Waals surface area contributed by atoms with E-state index in [4.69, 9.17) is 0 Å². The molecule has 0 saturated heterocycles. The van der Waals surface area contributed by atoms with Crippen molar-refractivity contribution >= 4 is 11.9 Å². The van der Waals surface area contributed by atoms with Gasteiger partial charge in [0.05, 0.1) is 10.8 Å². The zero-order valence-corrected chi connectivity index (χ0v) is 12.8. The minimum atomic E-state index is -0.736. The van der Waals surface area contributed by atoms with Gasteiger partial charge in [0.25, 0.3) is 0 Å². The highest BCUT2D eigenvalue weighted by Gasteiger charge is 2.49. The van der Waals surface area contributed by atoms with Gasteiger partial charge in [-0.15, -0.1) is 0 Å². The molecule has 1 rings (SSSR count). The lowest BCUT2D eigenvalue weighted by atomic mass is 9.60. The molecule has 0 spiro atoms. The summed E-state index contributed by atoms with van der Waals surface area (Å²) in [6.07, 6.45) is 7.19. The molecule has 0 aromatic heterocycles. The molecular formula is C16H28O4. The second-order valence-electron chi connectivity index (χ2n) is 6.38. The van der Waals surface area contributed by atoms with E-state index < -0.39 is 22.8 Å². The first-order chi connectivity index (χ1) is 9.42. The summed E-state index contributed by atoms with van der Waals surface area (Å²) in [4.78, 5) is 23.3. The summed E-state index contributed by atoms with van der Waals surface area (Å²) in [7, 11) is 0. The Hall–Kier alpha value is -1.06. The first-order valence-corrected chi connectivity index (χ1v) is 7.89. The first-order valence-electron chi connectivity index (χ1n) is 7.89. The minimum Gasteiger partial charge on any atom is -0.481 e. The maximum Gasteiger partial charge on any atom is 0.309 e. The van der Waals surface area contributed by atoms with Crippen molar-refractivity contribution in [3.63, 3.8) is 0 Å². The molecule has 0 heterocycles. The van der Waals surface area contributed by atoms with Gasteiger partial charge in [0.1, 0.15) is 0 Å². The van der Waals surface area contributed by atoms with Crippen molar-refractivity contribution in [3.05, 3.63) is 0 Å². The molecule has 1 aliphatic rings. The van der Waals surface area contributed by atoms with Gasteiger partial charge in [0.15, 0.2) is 0 Å². The maximum absolute atomic E-state index is 11.6. The molecule has 1 aliphatic carbocycles. The third-order valence-corrected chi connectivity index (χ3v) is 5.09. The molecule has 0 radical (unpaired) electrons. The van der Waals surface area contributed by atoms with Crippen LogP contribution in [0.2, 0.25) is 0 Å². The standard InChI is InChI=1S/C16H28O4/c1-3-5-7-15(13(17)18)9-11-16(12-10-15,14(19)20)8-6-4-2/h3-12H2,1-2H3,(H,17,18)(H,19,20). The molecule has 0 unspecified atom stereocenters. The van der Waals surface area contributed by atoms with E-state index in [2.05, 4.69) is 13.8 Å². The number of carboxylic acid groups (broad SMARTS) is 2.